The normalized spacial score (nSPS) is 10.9. The van der Waals surface area contributed by atoms with E-state index in [2.05, 4.69) is 37.5 Å². The number of halogens is 1. The average Bonchev–Trinajstić information content (AvgIpc) is 2.75. The predicted molar refractivity (Wildman–Crippen MR) is 76.5 cm³/mol. The van der Waals surface area contributed by atoms with E-state index in [1.54, 1.807) is 12.4 Å². The molecule has 17 heavy (non-hydrogen) atoms. The molecule has 0 saturated heterocycles. The van der Waals surface area contributed by atoms with E-state index in [1.807, 2.05) is 24.3 Å². The highest BCUT2D eigenvalue weighted by Gasteiger charge is 2.08. The standard InChI is InChI=1S/C12H9IN4/c13-7-1-2-9(14)8(5-7)12-16-10-3-4-15-6-11(10)17-12/h1-6H,14H2,(H,16,17). The van der Waals surface area contributed by atoms with Gasteiger partial charge in [-0.15, -0.1) is 0 Å². The van der Waals surface area contributed by atoms with Gasteiger partial charge in [-0.1, -0.05) is 0 Å². The van der Waals surface area contributed by atoms with Crippen LogP contribution in [0.2, 0.25) is 0 Å². The molecule has 0 aliphatic heterocycles. The summed E-state index contributed by atoms with van der Waals surface area (Å²) in [7, 11) is 0. The van der Waals surface area contributed by atoms with Gasteiger partial charge in [-0.05, 0) is 46.9 Å². The second-order valence-electron chi connectivity index (χ2n) is 3.71. The summed E-state index contributed by atoms with van der Waals surface area (Å²) >= 11 is 2.26. The fourth-order valence-corrected chi connectivity index (χ4v) is 2.21. The topological polar surface area (TPSA) is 67.6 Å². The number of rotatable bonds is 1. The number of imidazole rings is 1. The van der Waals surface area contributed by atoms with Gasteiger partial charge in [0.15, 0.2) is 0 Å². The number of H-pyrrole nitrogens is 1. The van der Waals surface area contributed by atoms with Crippen molar-refractivity contribution in [2.45, 2.75) is 0 Å². The molecule has 0 amide bonds. The Hall–Kier alpha value is -1.63. The van der Waals surface area contributed by atoms with Crippen LogP contribution in [-0.2, 0) is 0 Å². The van der Waals surface area contributed by atoms with Crippen LogP contribution in [0, 0.1) is 3.57 Å². The second-order valence-corrected chi connectivity index (χ2v) is 4.96. The molecule has 4 nitrogen and oxygen atoms in total. The molecule has 0 saturated carbocycles. The van der Waals surface area contributed by atoms with Crippen LogP contribution >= 0.6 is 22.6 Å². The molecule has 0 aliphatic rings. The van der Waals surface area contributed by atoms with Gasteiger partial charge in [-0.25, -0.2) is 4.98 Å². The lowest BCUT2D eigenvalue weighted by atomic mass is 10.2. The van der Waals surface area contributed by atoms with Gasteiger partial charge in [0.25, 0.3) is 0 Å². The quantitative estimate of drug-likeness (QED) is 0.530. The van der Waals surface area contributed by atoms with Gasteiger partial charge < -0.3 is 10.7 Å². The largest absolute Gasteiger partial charge is 0.398 e. The van der Waals surface area contributed by atoms with E-state index in [0.717, 1.165) is 31.7 Å². The van der Waals surface area contributed by atoms with E-state index >= 15 is 0 Å². The number of aromatic nitrogens is 3. The molecular weight excluding hydrogens is 327 g/mol. The molecule has 2 aromatic heterocycles. The molecule has 2 heterocycles. The highest BCUT2D eigenvalue weighted by molar-refractivity contribution is 14.1. The summed E-state index contributed by atoms with van der Waals surface area (Å²) in [5.41, 5.74) is 9.42. The number of hydrogen-bond donors (Lipinski definition) is 2. The molecule has 0 radical (unpaired) electrons. The van der Waals surface area contributed by atoms with Crippen LogP contribution in [0.1, 0.15) is 0 Å². The summed E-state index contributed by atoms with van der Waals surface area (Å²) < 4.78 is 1.13. The number of hydrogen-bond acceptors (Lipinski definition) is 3. The number of nitrogen functional groups attached to an aromatic ring is 1. The van der Waals surface area contributed by atoms with Crippen molar-refractivity contribution in [3.05, 3.63) is 40.2 Å². The summed E-state index contributed by atoms with van der Waals surface area (Å²) in [4.78, 5) is 11.8. The lowest BCUT2D eigenvalue weighted by Gasteiger charge is -2.02. The minimum absolute atomic E-state index is 0.720. The molecule has 0 fully saturated rings. The van der Waals surface area contributed by atoms with Crippen molar-refractivity contribution >= 4 is 39.3 Å². The Balaban J connectivity index is 2.23. The minimum Gasteiger partial charge on any atom is -0.398 e. The Kier molecular flexibility index (Phi) is 2.47. The van der Waals surface area contributed by atoms with Gasteiger partial charge in [-0.3, -0.25) is 4.98 Å². The number of nitrogens with two attached hydrogens (primary N) is 1. The Morgan fingerprint density at radius 3 is 2.94 bits per heavy atom. The smallest absolute Gasteiger partial charge is 0.140 e. The zero-order valence-electron chi connectivity index (χ0n) is 8.81. The van der Waals surface area contributed by atoms with Gasteiger partial charge in [-0.2, -0.15) is 0 Å². The first-order valence-electron chi connectivity index (χ1n) is 5.09. The first kappa shape index (κ1) is 10.5. The van der Waals surface area contributed by atoms with Gasteiger partial charge in [0.1, 0.15) is 5.82 Å². The molecule has 0 unspecified atom stereocenters. The molecule has 3 aromatic rings. The van der Waals surface area contributed by atoms with Crippen LogP contribution in [-0.4, -0.2) is 15.0 Å². The fourth-order valence-electron chi connectivity index (χ4n) is 1.72. The van der Waals surface area contributed by atoms with Gasteiger partial charge in [0.05, 0.1) is 17.2 Å². The van der Waals surface area contributed by atoms with Crippen molar-refractivity contribution in [3.63, 3.8) is 0 Å². The number of benzene rings is 1. The van der Waals surface area contributed by atoms with Crippen molar-refractivity contribution < 1.29 is 0 Å². The third-order valence-corrected chi connectivity index (χ3v) is 3.22. The molecule has 0 atom stereocenters. The summed E-state index contributed by atoms with van der Waals surface area (Å²) in [6.07, 6.45) is 3.49. The lowest BCUT2D eigenvalue weighted by molar-refractivity contribution is 1.32. The molecule has 0 spiro atoms. The summed E-state index contributed by atoms with van der Waals surface area (Å²) in [5, 5.41) is 0. The Morgan fingerprint density at radius 1 is 1.24 bits per heavy atom. The van der Waals surface area contributed by atoms with Crippen molar-refractivity contribution in [3.8, 4) is 11.4 Å². The number of pyridine rings is 1. The molecule has 1 aromatic carbocycles. The number of fused-ring (bicyclic) bond motifs is 1. The van der Waals surface area contributed by atoms with Gasteiger partial charge in [0.2, 0.25) is 0 Å². The number of nitrogens with one attached hydrogen (secondary N) is 1. The predicted octanol–water partition coefficient (Wildman–Crippen LogP) is 2.81. The molecule has 0 aliphatic carbocycles. The Labute approximate surface area is 111 Å². The third kappa shape index (κ3) is 1.86. The van der Waals surface area contributed by atoms with Crippen molar-refractivity contribution in [2.24, 2.45) is 0 Å². The van der Waals surface area contributed by atoms with Crippen LogP contribution in [0.3, 0.4) is 0 Å². The van der Waals surface area contributed by atoms with E-state index < -0.39 is 0 Å². The highest BCUT2D eigenvalue weighted by atomic mass is 127. The second kappa shape index (κ2) is 3.99. The zero-order chi connectivity index (χ0) is 11.8. The summed E-state index contributed by atoms with van der Waals surface area (Å²) in [5.74, 6) is 0.781. The van der Waals surface area contributed by atoms with Crippen molar-refractivity contribution in [2.75, 3.05) is 5.73 Å². The van der Waals surface area contributed by atoms with Gasteiger partial charge >= 0.3 is 0 Å². The molecular formula is C12H9IN4. The fraction of sp³-hybridized carbons (Fsp3) is 0. The monoisotopic (exact) mass is 336 g/mol. The molecule has 5 heteroatoms. The first-order chi connectivity index (χ1) is 8.24. The van der Waals surface area contributed by atoms with Crippen molar-refractivity contribution in [1.29, 1.82) is 0 Å². The molecule has 84 valence electrons. The SMILES string of the molecule is Nc1ccc(I)cc1-c1nc2ccncc2[nH]1. The Morgan fingerprint density at radius 2 is 2.12 bits per heavy atom. The zero-order valence-corrected chi connectivity index (χ0v) is 11.0. The van der Waals surface area contributed by atoms with E-state index in [-0.39, 0.29) is 0 Å². The third-order valence-electron chi connectivity index (χ3n) is 2.55. The Bertz CT molecular complexity index is 657. The first-order valence-corrected chi connectivity index (χ1v) is 6.17. The lowest BCUT2D eigenvalue weighted by Crippen LogP contribution is -1.91. The number of aromatic amines is 1. The van der Waals surface area contributed by atoms with Crippen LogP contribution in [0.15, 0.2) is 36.7 Å². The van der Waals surface area contributed by atoms with Crippen LogP contribution in [0.4, 0.5) is 5.69 Å². The van der Waals surface area contributed by atoms with Crippen LogP contribution in [0.5, 0.6) is 0 Å². The summed E-state index contributed by atoms with van der Waals surface area (Å²) in [6.45, 7) is 0. The van der Waals surface area contributed by atoms with E-state index in [4.69, 9.17) is 5.73 Å². The maximum absolute atomic E-state index is 5.96. The summed E-state index contributed by atoms with van der Waals surface area (Å²) in [6, 6.07) is 7.76. The van der Waals surface area contributed by atoms with E-state index in [1.165, 1.54) is 0 Å². The van der Waals surface area contributed by atoms with Gasteiger partial charge in [0, 0.05) is 21.0 Å². The van der Waals surface area contributed by atoms with Crippen molar-refractivity contribution in [1.82, 2.24) is 15.0 Å². The molecule has 0 bridgehead atoms. The molecule has 3 rings (SSSR count). The van der Waals surface area contributed by atoms with E-state index in [9.17, 15) is 0 Å². The number of anilines is 1. The van der Waals surface area contributed by atoms with Crippen LogP contribution in [0.25, 0.3) is 22.4 Å². The number of nitrogens with zero attached hydrogens (tertiary/aromatic N) is 2. The maximum atomic E-state index is 5.96. The highest BCUT2D eigenvalue weighted by Crippen LogP contribution is 2.26. The minimum atomic E-state index is 0.720. The molecule has 3 N–H and O–H groups in total. The average molecular weight is 336 g/mol. The van der Waals surface area contributed by atoms with Crippen LogP contribution < -0.4 is 5.73 Å². The maximum Gasteiger partial charge on any atom is 0.140 e. The van der Waals surface area contributed by atoms with E-state index in [0.29, 0.717) is 0 Å².